The Labute approximate surface area is 127 Å². The largest absolute Gasteiger partial charge is 0.274 e. The van der Waals surface area contributed by atoms with Crippen LogP contribution in [0.4, 0.5) is 0 Å². The fourth-order valence-electron chi connectivity index (χ4n) is 2.31. The van der Waals surface area contributed by atoms with Gasteiger partial charge in [-0.15, -0.1) is 11.6 Å². The van der Waals surface area contributed by atoms with Crippen molar-refractivity contribution in [2.45, 2.75) is 13.0 Å². The zero-order valence-electron chi connectivity index (χ0n) is 11.4. The van der Waals surface area contributed by atoms with E-state index in [4.69, 9.17) is 11.6 Å². The molecule has 0 amide bonds. The first-order valence-electron chi connectivity index (χ1n) is 6.77. The second-order valence-corrected chi connectivity index (χ2v) is 5.08. The van der Waals surface area contributed by atoms with Crippen LogP contribution in [0.5, 0.6) is 0 Å². The van der Waals surface area contributed by atoms with Gasteiger partial charge in [-0.2, -0.15) is 5.10 Å². The van der Waals surface area contributed by atoms with Crippen molar-refractivity contribution >= 4 is 22.4 Å². The number of halogens is 1. The molecule has 3 aromatic rings. The van der Waals surface area contributed by atoms with Gasteiger partial charge in [-0.05, 0) is 24.6 Å². The number of aryl methyl sites for hydroxylation is 1. The van der Waals surface area contributed by atoms with E-state index >= 15 is 0 Å². The number of hydrogen-bond donors (Lipinski definition) is 0. The topological polar surface area (TPSA) is 47.8 Å². The van der Waals surface area contributed by atoms with Gasteiger partial charge in [-0.3, -0.25) is 9.78 Å². The van der Waals surface area contributed by atoms with E-state index in [1.54, 1.807) is 12.4 Å². The molecular formula is C16H14ClN3O. The van der Waals surface area contributed by atoms with Crippen molar-refractivity contribution in [2.75, 3.05) is 5.88 Å². The van der Waals surface area contributed by atoms with Crippen LogP contribution < -0.4 is 5.56 Å². The summed E-state index contributed by atoms with van der Waals surface area (Å²) in [5, 5.41) is 6.03. The lowest BCUT2D eigenvalue weighted by Crippen LogP contribution is -2.24. The summed E-state index contributed by atoms with van der Waals surface area (Å²) >= 11 is 5.73. The zero-order chi connectivity index (χ0) is 14.7. The summed E-state index contributed by atoms with van der Waals surface area (Å²) in [6.45, 7) is 0.514. The molecule has 4 nitrogen and oxygen atoms in total. The number of nitrogens with zero attached hydrogens (tertiary/aromatic N) is 3. The average molecular weight is 300 g/mol. The first-order chi connectivity index (χ1) is 10.3. The van der Waals surface area contributed by atoms with E-state index in [1.165, 1.54) is 4.68 Å². The van der Waals surface area contributed by atoms with E-state index < -0.39 is 0 Å². The van der Waals surface area contributed by atoms with Gasteiger partial charge in [0.05, 0.1) is 5.39 Å². The highest BCUT2D eigenvalue weighted by Gasteiger charge is 2.11. The number of alkyl halides is 1. The molecule has 2 aromatic heterocycles. The summed E-state index contributed by atoms with van der Waals surface area (Å²) < 4.78 is 1.49. The Balaban J connectivity index is 2.27. The third-order valence-corrected chi connectivity index (χ3v) is 3.57. The maximum atomic E-state index is 12.5. The van der Waals surface area contributed by atoms with Crippen molar-refractivity contribution in [2.24, 2.45) is 0 Å². The molecule has 0 aliphatic heterocycles. The van der Waals surface area contributed by atoms with Crippen LogP contribution in [0, 0.1) is 0 Å². The molecule has 0 saturated heterocycles. The van der Waals surface area contributed by atoms with Gasteiger partial charge < -0.3 is 0 Å². The fraction of sp³-hybridized carbons (Fsp3) is 0.188. The molecule has 0 bridgehead atoms. The van der Waals surface area contributed by atoms with Crippen molar-refractivity contribution in [1.82, 2.24) is 14.8 Å². The predicted octanol–water partition coefficient (Wildman–Crippen LogP) is 3.09. The predicted molar refractivity (Wildman–Crippen MR) is 84.6 cm³/mol. The normalized spacial score (nSPS) is 10.9. The van der Waals surface area contributed by atoms with Crippen LogP contribution in [-0.2, 0) is 6.54 Å². The lowest BCUT2D eigenvalue weighted by atomic mass is 10.1. The summed E-state index contributed by atoms with van der Waals surface area (Å²) in [4.78, 5) is 16.6. The number of benzene rings is 1. The highest BCUT2D eigenvalue weighted by Crippen LogP contribution is 2.23. The molecule has 0 N–H and O–H groups in total. The standard InChI is InChI=1S/C16H14ClN3O/c17-8-4-10-20-16(21)14-7-2-1-6-13(14)15(19-20)12-5-3-9-18-11-12/h1-3,5-7,9,11H,4,8,10H2. The molecule has 2 heterocycles. The molecule has 1 aromatic carbocycles. The van der Waals surface area contributed by atoms with Gasteiger partial charge in [0, 0.05) is 35.8 Å². The maximum Gasteiger partial charge on any atom is 0.274 e. The van der Waals surface area contributed by atoms with Crippen molar-refractivity contribution in [3.8, 4) is 11.3 Å². The third-order valence-electron chi connectivity index (χ3n) is 3.31. The van der Waals surface area contributed by atoms with Crippen molar-refractivity contribution < 1.29 is 0 Å². The van der Waals surface area contributed by atoms with Crippen molar-refractivity contribution in [3.05, 3.63) is 59.1 Å². The van der Waals surface area contributed by atoms with Crippen LogP contribution in [0.2, 0.25) is 0 Å². The number of hydrogen-bond acceptors (Lipinski definition) is 3. The monoisotopic (exact) mass is 299 g/mol. The molecule has 0 fully saturated rings. The smallest absolute Gasteiger partial charge is 0.267 e. The van der Waals surface area contributed by atoms with Crippen LogP contribution in [0.3, 0.4) is 0 Å². The van der Waals surface area contributed by atoms with Gasteiger partial charge in [-0.25, -0.2) is 4.68 Å². The highest BCUT2D eigenvalue weighted by atomic mass is 35.5. The van der Waals surface area contributed by atoms with Crippen molar-refractivity contribution in [3.63, 3.8) is 0 Å². The minimum atomic E-state index is -0.0802. The van der Waals surface area contributed by atoms with Crippen LogP contribution >= 0.6 is 11.6 Å². The second kappa shape index (κ2) is 6.06. The van der Waals surface area contributed by atoms with E-state index in [0.29, 0.717) is 24.2 Å². The Hall–Kier alpha value is -2.20. The fourth-order valence-corrected chi connectivity index (χ4v) is 2.43. The number of rotatable bonds is 4. The molecule has 0 atom stereocenters. The van der Waals surface area contributed by atoms with Gasteiger partial charge in [0.15, 0.2) is 0 Å². The zero-order valence-corrected chi connectivity index (χ0v) is 12.1. The highest BCUT2D eigenvalue weighted by molar-refractivity contribution is 6.17. The summed E-state index contributed by atoms with van der Waals surface area (Å²) in [7, 11) is 0. The average Bonchev–Trinajstić information content (AvgIpc) is 2.55. The van der Waals surface area contributed by atoms with Gasteiger partial charge >= 0.3 is 0 Å². The van der Waals surface area contributed by atoms with E-state index in [2.05, 4.69) is 10.1 Å². The second-order valence-electron chi connectivity index (χ2n) is 4.71. The first kappa shape index (κ1) is 13.8. The first-order valence-corrected chi connectivity index (χ1v) is 7.31. The van der Waals surface area contributed by atoms with Crippen LogP contribution in [0.15, 0.2) is 53.6 Å². The lowest BCUT2D eigenvalue weighted by molar-refractivity contribution is 0.578. The van der Waals surface area contributed by atoms with Gasteiger partial charge in [0.25, 0.3) is 5.56 Å². The number of aromatic nitrogens is 3. The van der Waals surface area contributed by atoms with Crippen LogP contribution in [-0.4, -0.2) is 20.6 Å². The SMILES string of the molecule is O=c1c2ccccc2c(-c2cccnc2)nn1CCCCl. The quantitative estimate of drug-likeness (QED) is 0.696. The molecule has 5 heteroatoms. The molecule has 3 rings (SSSR count). The van der Waals surface area contributed by atoms with E-state index in [1.807, 2.05) is 36.4 Å². The Morgan fingerprint density at radius 1 is 1.10 bits per heavy atom. The summed E-state index contributed by atoms with van der Waals surface area (Å²) in [5.41, 5.74) is 1.59. The summed E-state index contributed by atoms with van der Waals surface area (Å²) in [6.07, 6.45) is 4.18. The van der Waals surface area contributed by atoms with Gasteiger partial charge in [0.2, 0.25) is 0 Å². The number of fused-ring (bicyclic) bond motifs is 1. The van der Waals surface area contributed by atoms with Crippen LogP contribution in [0.25, 0.3) is 22.0 Å². The van der Waals surface area contributed by atoms with E-state index in [9.17, 15) is 4.79 Å². The van der Waals surface area contributed by atoms with Gasteiger partial charge in [-0.1, -0.05) is 18.2 Å². The molecule has 0 radical (unpaired) electrons. The molecule has 0 saturated carbocycles. The number of pyridine rings is 1. The van der Waals surface area contributed by atoms with Crippen molar-refractivity contribution in [1.29, 1.82) is 0 Å². The molecule has 0 spiro atoms. The minimum absolute atomic E-state index is 0.0802. The molecule has 0 unspecified atom stereocenters. The molecule has 21 heavy (non-hydrogen) atoms. The molecule has 106 valence electrons. The molecule has 0 aliphatic carbocycles. The lowest BCUT2D eigenvalue weighted by Gasteiger charge is -2.10. The van der Waals surface area contributed by atoms with Gasteiger partial charge in [0.1, 0.15) is 5.69 Å². The Morgan fingerprint density at radius 3 is 2.62 bits per heavy atom. The Bertz CT molecular complexity index is 815. The van der Waals surface area contributed by atoms with Crippen LogP contribution in [0.1, 0.15) is 6.42 Å². The van der Waals surface area contributed by atoms with E-state index in [-0.39, 0.29) is 5.56 Å². The van der Waals surface area contributed by atoms with E-state index in [0.717, 1.165) is 16.6 Å². The Morgan fingerprint density at radius 2 is 1.90 bits per heavy atom. The molecular weight excluding hydrogens is 286 g/mol. The Kier molecular flexibility index (Phi) is 3.97. The maximum absolute atomic E-state index is 12.5. The summed E-state index contributed by atoms with van der Waals surface area (Å²) in [5.74, 6) is 0.503. The summed E-state index contributed by atoms with van der Waals surface area (Å²) in [6, 6.07) is 11.3. The molecule has 0 aliphatic rings. The third kappa shape index (κ3) is 2.67. The minimum Gasteiger partial charge on any atom is -0.267 e.